The van der Waals surface area contributed by atoms with Crippen LogP contribution in [0.2, 0.25) is 0 Å². The predicted molar refractivity (Wildman–Crippen MR) is 231 cm³/mol. The number of rotatable bonds is 35. The van der Waals surface area contributed by atoms with Crippen LogP contribution in [0.25, 0.3) is 0 Å². The van der Waals surface area contributed by atoms with Gasteiger partial charge in [0.1, 0.15) is 0 Å². The van der Waals surface area contributed by atoms with Crippen molar-refractivity contribution in [1.29, 1.82) is 0 Å². The highest BCUT2D eigenvalue weighted by Gasteiger charge is 2.40. The van der Waals surface area contributed by atoms with Gasteiger partial charge in [0, 0.05) is 37.8 Å². The van der Waals surface area contributed by atoms with Gasteiger partial charge in [0.25, 0.3) is 0 Å². The molecular weight excluding hydrogens is 649 g/mol. The molecule has 2 unspecified atom stereocenters. The number of pyridine rings is 1. The highest BCUT2D eigenvalue weighted by Crippen LogP contribution is 2.36. The Kier molecular flexibility index (Phi) is 29.7. The van der Waals surface area contributed by atoms with Gasteiger partial charge < -0.3 is 9.47 Å². The predicted octanol–water partition coefficient (Wildman–Crippen LogP) is 15.0. The van der Waals surface area contributed by atoms with Gasteiger partial charge in [-0.15, -0.1) is 0 Å². The molecule has 0 radical (unpaired) electrons. The average molecular weight is 733 g/mol. The third kappa shape index (κ3) is 24.9. The number of ether oxygens (including phenoxy) is 2. The average Bonchev–Trinajstić information content (AvgIpc) is 3.59. The molecule has 0 bridgehead atoms. The van der Waals surface area contributed by atoms with Crippen molar-refractivity contribution in [2.45, 2.75) is 212 Å². The maximum Gasteiger partial charge on any atom is 0.168 e. The van der Waals surface area contributed by atoms with Crippen molar-refractivity contribution in [2.75, 3.05) is 20.2 Å². The normalized spacial score (nSPS) is 16.8. The molecule has 0 saturated carbocycles. The van der Waals surface area contributed by atoms with Crippen LogP contribution in [-0.2, 0) is 9.47 Å². The van der Waals surface area contributed by atoms with E-state index in [1.165, 1.54) is 147 Å². The lowest BCUT2D eigenvalue weighted by Crippen LogP contribution is -2.32. The number of nitrogens with zero attached hydrogens (tertiary/aromatic N) is 2. The Morgan fingerprint density at radius 3 is 1.55 bits per heavy atom. The van der Waals surface area contributed by atoms with Crippen molar-refractivity contribution in [3.63, 3.8) is 0 Å². The van der Waals surface area contributed by atoms with E-state index in [4.69, 9.17) is 9.47 Å². The molecule has 1 fully saturated rings. The van der Waals surface area contributed by atoms with Crippen molar-refractivity contribution in [2.24, 2.45) is 0 Å². The first-order valence-corrected chi connectivity index (χ1v) is 22.6. The van der Waals surface area contributed by atoms with Crippen molar-refractivity contribution in [3.8, 4) is 0 Å². The molecule has 302 valence electrons. The fourth-order valence-electron chi connectivity index (χ4n) is 7.35. The zero-order valence-corrected chi connectivity index (χ0v) is 35.3. The summed E-state index contributed by atoms with van der Waals surface area (Å²) < 4.78 is 13.5. The number of allylic oxidation sites excluding steroid dienone is 8. The Bertz CT molecular complexity index is 1020. The van der Waals surface area contributed by atoms with Crippen molar-refractivity contribution < 1.29 is 9.47 Å². The second kappa shape index (κ2) is 33.3. The molecule has 1 saturated heterocycles. The molecule has 0 aliphatic carbocycles. The lowest BCUT2D eigenvalue weighted by molar-refractivity contribution is -0.180. The second-order valence-electron chi connectivity index (χ2n) is 15.9. The van der Waals surface area contributed by atoms with Gasteiger partial charge in [0.05, 0.1) is 12.7 Å². The Morgan fingerprint density at radius 2 is 1.08 bits per heavy atom. The van der Waals surface area contributed by atoms with Gasteiger partial charge >= 0.3 is 0 Å². The molecule has 4 heteroatoms. The summed E-state index contributed by atoms with van der Waals surface area (Å²) >= 11 is 0. The minimum atomic E-state index is -0.371. The summed E-state index contributed by atoms with van der Waals surface area (Å²) in [6.07, 6.45) is 56.7. The molecule has 1 aliphatic heterocycles. The monoisotopic (exact) mass is 733 g/mol. The largest absolute Gasteiger partial charge is 0.347 e. The second-order valence-corrected chi connectivity index (χ2v) is 15.9. The highest BCUT2D eigenvalue weighted by atomic mass is 16.7. The van der Waals surface area contributed by atoms with E-state index in [9.17, 15) is 0 Å². The lowest BCUT2D eigenvalue weighted by atomic mass is 9.98. The molecule has 53 heavy (non-hydrogen) atoms. The fourth-order valence-corrected chi connectivity index (χ4v) is 7.35. The van der Waals surface area contributed by atoms with Gasteiger partial charge in [0.15, 0.2) is 5.79 Å². The number of unbranched alkanes of at least 4 members (excludes halogenated alkanes) is 18. The Labute approximate surface area is 329 Å². The van der Waals surface area contributed by atoms with E-state index < -0.39 is 0 Å². The van der Waals surface area contributed by atoms with Gasteiger partial charge in [-0.1, -0.05) is 140 Å². The molecule has 2 rings (SSSR count). The van der Waals surface area contributed by atoms with E-state index in [2.05, 4.69) is 98.4 Å². The SMILES string of the molecule is CCCCC/C=C\C/C=C\CCCCCCCCC1(CCCCCCCC/C=C\C/C=C\CCCCC)OCC(CCN(C)C(C)c2ccncc2)O1. The highest BCUT2D eigenvalue weighted by molar-refractivity contribution is 5.14. The summed E-state index contributed by atoms with van der Waals surface area (Å²) in [7, 11) is 2.22. The number of hydrogen-bond donors (Lipinski definition) is 0. The molecule has 1 aliphatic rings. The van der Waals surface area contributed by atoms with Crippen LogP contribution in [0.5, 0.6) is 0 Å². The molecule has 0 spiro atoms. The maximum atomic E-state index is 6.85. The number of aromatic nitrogens is 1. The van der Waals surface area contributed by atoms with Crippen LogP contribution in [0.4, 0.5) is 0 Å². The molecule has 1 aromatic heterocycles. The van der Waals surface area contributed by atoms with Gasteiger partial charge in [-0.05, 0) is 115 Å². The molecular formula is C49H84N2O2. The minimum Gasteiger partial charge on any atom is -0.347 e. The van der Waals surface area contributed by atoms with Crippen LogP contribution < -0.4 is 0 Å². The topological polar surface area (TPSA) is 34.6 Å². The van der Waals surface area contributed by atoms with Crippen LogP contribution in [0.3, 0.4) is 0 Å². The molecule has 4 nitrogen and oxygen atoms in total. The van der Waals surface area contributed by atoms with Gasteiger partial charge in [0.2, 0.25) is 0 Å². The van der Waals surface area contributed by atoms with Crippen LogP contribution in [0.15, 0.2) is 73.1 Å². The summed E-state index contributed by atoms with van der Waals surface area (Å²) in [6, 6.07) is 4.61. The molecule has 2 atom stereocenters. The van der Waals surface area contributed by atoms with Gasteiger partial charge in [-0.25, -0.2) is 0 Å². The zero-order chi connectivity index (χ0) is 37.9. The Balaban J connectivity index is 1.65. The maximum absolute atomic E-state index is 6.85. The number of hydrogen-bond acceptors (Lipinski definition) is 4. The van der Waals surface area contributed by atoms with E-state index in [0.29, 0.717) is 6.04 Å². The smallest absolute Gasteiger partial charge is 0.168 e. The third-order valence-electron chi connectivity index (χ3n) is 11.1. The lowest BCUT2D eigenvalue weighted by Gasteiger charge is -2.29. The molecule has 2 heterocycles. The summed E-state index contributed by atoms with van der Waals surface area (Å²) in [5.74, 6) is -0.371. The van der Waals surface area contributed by atoms with Gasteiger partial charge in [-0.2, -0.15) is 0 Å². The van der Waals surface area contributed by atoms with Gasteiger partial charge in [-0.3, -0.25) is 9.88 Å². The van der Waals surface area contributed by atoms with Crippen molar-refractivity contribution in [1.82, 2.24) is 9.88 Å². The zero-order valence-electron chi connectivity index (χ0n) is 35.3. The van der Waals surface area contributed by atoms with E-state index in [1.807, 2.05) is 12.4 Å². The third-order valence-corrected chi connectivity index (χ3v) is 11.1. The van der Waals surface area contributed by atoms with Crippen molar-refractivity contribution >= 4 is 0 Å². The standard InChI is InChI=1S/C49H84N2O2/c1-5-7-9-11-13-15-17-19-21-23-25-27-29-31-33-35-40-49(41-36-34-32-30-28-26-24-22-20-18-16-14-12-10-8-6-2)52-45-48(53-49)39-44-51(4)46(3)47-37-42-50-43-38-47/h13-16,19-22,37-38,42-43,46,48H,5-12,17-18,23-36,39-41,44-45H2,1-4H3/b15-13-,16-14-,21-19-,22-20-. The summed E-state index contributed by atoms with van der Waals surface area (Å²) in [5, 5.41) is 0. The van der Waals surface area contributed by atoms with Crippen LogP contribution in [0, 0.1) is 0 Å². The van der Waals surface area contributed by atoms with E-state index >= 15 is 0 Å². The Hall–Kier alpha value is -2.01. The summed E-state index contributed by atoms with van der Waals surface area (Å²) in [5.41, 5.74) is 1.32. The van der Waals surface area contributed by atoms with E-state index in [0.717, 1.165) is 45.3 Å². The first kappa shape index (κ1) is 47.1. The first-order chi connectivity index (χ1) is 26.1. The molecule has 0 N–H and O–H groups in total. The Morgan fingerprint density at radius 1 is 0.642 bits per heavy atom. The molecule has 1 aromatic rings. The van der Waals surface area contributed by atoms with Crippen LogP contribution >= 0.6 is 0 Å². The summed E-state index contributed by atoms with van der Waals surface area (Å²) in [4.78, 5) is 6.63. The minimum absolute atomic E-state index is 0.191. The van der Waals surface area contributed by atoms with E-state index in [-0.39, 0.29) is 11.9 Å². The van der Waals surface area contributed by atoms with Crippen LogP contribution in [-0.4, -0.2) is 42.0 Å². The fraction of sp³-hybridized carbons (Fsp3) is 0.735. The van der Waals surface area contributed by atoms with E-state index in [1.54, 1.807) is 0 Å². The molecule has 0 amide bonds. The quantitative estimate of drug-likeness (QED) is 0.0514. The molecule has 0 aromatic carbocycles. The van der Waals surface area contributed by atoms with Crippen LogP contribution in [0.1, 0.15) is 206 Å². The first-order valence-electron chi connectivity index (χ1n) is 22.6. The van der Waals surface area contributed by atoms with Crippen molar-refractivity contribution in [3.05, 3.63) is 78.7 Å². The summed E-state index contributed by atoms with van der Waals surface area (Å²) in [6.45, 7) is 8.56.